The van der Waals surface area contributed by atoms with Gasteiger partial charge in [-0.2, -0.15) is 26.3 Å². The number of alkyl halides is 6. The average molecular weight is 337 g/mol. The number of amides is 1. The number of ether oxygens (including phenoxy) is 1. The van der Waals surface area contributed by atoms with E-state index in [4.69, 9.17) is 4.74 Å². The molecule has 2 aliphatic rings. The SMILES string of the molecule is O=C1OC(c2cc(C(F)(F)F)cc(C(F)(F)F)c2)C2C=CCN12. The van der Waals surface area contributed by atoms with Crippen molar-refractivity contribution < 1.29 is 35.9 Å². The van der Waals surface area contributed by atoms with Crippen LogP contribution in [0.25, 0.3) is 0 Å². The van der Waals surface area contributed by atoms with E-state index in [9.17, 15) is 31.1 Å². The largest absolute Gasteiger partial charge is 0.439 e. The molecular formula is C14H9F6NO2. The van der Waals surface area contributed by atoms with E-state index < -0.39 is 41.7 Å². The topological polar surface area (TPSA) is 29.5 Å². The van der Waals surface area contributed by atoms with Gasteiger partial charge >= 0.3 is 18.4 Å². The van der Waals surface area contributed by atoms with Crippen LogP contribution in [0.1, 0.15) is 22.8 Å². The molecule has 9 heteroatoms. The highest BCUT2D eigenvalue weighted by Crippen LogP contribution is 2.41. The number of halogens is 6. The van der Waals surface area contributed by atoms with Gasteiger partial charge in [0.2, 0.25) is 0 Å². The molecule has 0 aromatic heterocycles. The highest BCUT2D eigenvalue weighted by atomic mass is 19.4. The third kappa shape index (κ3) is 2.75. The summed E-state index contributed by atoms with van der Waals surface area (Å²) < 4.78 is 82.2. The average Bonchev–Trinajstić information content (AvgIpc) is 3.01. The second kappa shape index (κ2) is 4.90. The van der Waals surface area contributed by atoms with E-state index >= 15 is 0 Å². The number of fused-ring (bicyclic) bond motifs is 1. The van der Waals surface area contributed by atoms with Crippen LogP contribution in [0.3, 0.4) is 0 Å². The molecule has 1 saturated heterocycles. The zero-order valence-electron chi connectivity index (χ0n) is 11.3. The maximum atomic E-state index is 12.9. The number of carbonyl (C=O) groups excluding carboxylic acids is 1. The van der Waals surface area contributed by atoms with Gasteiger partial charge in [-0.1, -0.05) is 12.2 Å². The molecule has 0 spiro atoms. The molecule has 0 bridgehead atoms. The van der Waals surface area contributed by atoms with Crippen molar-refractivity contribution in [1.82, 2.24) is 4.90 Å². The van der Waals surface area contributed by atoms with Gasteiger partial charge in [0.05, 0.1) is 17.2 Å². The van der Waals surface area contributed by atoms with Gasteiger partial charge in [-0.25, -0.2) is 4.79 Å². The molecule has 0 N–H and O–H groups in total. The van der Waals surface area contributed by atoms with Crippen LogP contribution in [0.15, 0.2) is 30.4 Å². The van der Waals surface area contributed by atoms with Crippen LogP contribution in [0.5, 0.6) is 0 Å². The monoisotopic (exact) mass is 337 g/mol. The summed E-state index contributed by atoms with van der Waals surface area (Å²) in [6, 6.07) is 0.515. The zero-order valence-corrected chi connectivity index (χ0v) is 11.3. The van der Waals surface area contributed by atoms with Crippen molar-refractivity contribution in [2.24, 2.45) is 0 Å². The fourth-order valence-corrected chi connectivity index (χ4v) is 2.65. The molecule has 1 aromatic carbocycles. The van der Waals surface area contributed by atoms with Crippen LogP contribution in [0, 0.1) is 0 Å². The van der Waals surface area contributed by atoms with Crippen LogP contribution in [0.2, 0.25) is 0 Å². The number of benzene rings is 1. The Balaban J connectivity index is 2.08. The predicted molar refractivity (Wildman–Crippen MR) is 65.3 cm³/mol. The van der Waals surface area contributed by atoms with Crippen molar-refractivity contribution in [3.8, 4) is 0 Å². The summed E-state index contributed by atoms with van der Waals surface area (Å²) in [4.78, 5) is 12.9. The van der Waals surface area contributed by atoms with Crippen molar-refractivity contribution in [1.29, 1.82) is 0 Å². The Morgan fingerprint density at radius 1 is 1.00 bits per heavy atom. The van der Waals surface area contributed by atoms with Gasteiger partial charge in [-0.15, -0.1) is 0 Å². The highest BCUT2D eigenvalue weighted by Gasteiger charge is 2.45. The lowest BCUT2D eigenvalue weighted by Gasteiger charge is -2.19. The fraction of sp³-hybridized carbons (Fsp3) is 0.357. The minimum atomic E-state index is -4.94. The Kier molecular flexibility index (Phi) is 3.35. The summed E-state index contributed by atoms with van der Waals surface area (Å²) in [5.74, 6) is 0. The summed E-state index contributed by atoms with van der Waals surface area (Å²) in [7, 11) is 0. The van der Waals surface area contributed by atoms with Crippen molar-refractivity contribution in [3.05, 3.63) is 47.0 Å². The quantitative estimate of drug-likeness (QED) is 0.569. The summed E-state index contributed by atoms with van der Waals surface area (Å²) in [5.41, 5.74) is -3.20. The number of carbonyl (C=O) groups is 1. The van der Waals surface area contributed by atoms with Crippen LogP contribution >= 0.6 is 0 Å². The van der Waals surface area contributed by atoms with E-state index in [1.807, 2.05) is 0 Å². The predicted octanol–water partition coefficient (Wildman–Crippen LogP) is 4.16. The van der Waals surface area contributed by atoms with Crippen LogP contribution in [0.4, 0.5) is 31.1 Å². The Hall–Kier alpha value is -2.19. The van der Waals surface area contributed by atoms with Crippen molar-refractivity contribution >= 4 is 6.09 Å². The molecule has 1 aromatic rings. The van der Waals surface area contributed by atoms with Crippen molar-refractivity contribution in [3.63, 3.8) is 0 Å². The minimum absolute atomic E-state index is 0.0442. The zero-order chi connectivity index (χ0) is 17.0. The number of hydrogen-bond donors (Lipinski definition) is 0. The molecule has 2 atom stereocenters. The fourth-order valence-electron chi connectivity index (χ4n) is 2.65. The molecule has 3 nitrogen and oxygen atoms in total. The third-order valence-corrected chi connectivity index (χ3v) is 3.71. The second-order valence-electron chi connectivity index (χ2n) is 5.21. The van der Waals surface area contributed by atoms with E-state index in [-0.39, 0.29) is 18.2 Å². The van der Waals surface area contributed by atoms with Gasteiger partial charge in [0.25, 0.3) is 0 Å². The molecule has 3 rings (SSSR count). The summed E-state index contributed by atoms with van der Waals surface area (Å²) in [6.07, 6.45) is -8.71. The summed E-state index contributed by atoms with van der Waals surface area (Å²) >= 11 is 0. The summed E-state index contributed by atoms with van der Waals surface area (Å²) in [6.45, 7) is 0.213. The Bertz CT molecular complexity index is 647. The van der Waals surface area contributed by atoms with Crippen molar-refractivity contribution in [2.45, 2.75) is 24.5 Å². The molecule has 0 aliphatic carbocycles. The van der Waals surface area contributed by atoms with E-state index in [1.54, 1.807) is 6.08 Å². The number of nitrogens with zero attached hydrogens (tertiary/aromatic N) is 1. The molecule has 2 unspecified atom stereocenters. The number of hydrogen-bond acceptors (Lipinski definition) is 2. The van der Waals surface area contributed by atoms with Crippen molar-refractivity contribution in [2.75, 3.05) is 6.54 Å². The lowest BCUT2D eigenvalue weighted by atomic mass is 9.97. The van der Waals surface area contributed by atoms with Gasteiger partial charge in [-0.05, 0) is 23.8 Å². The molecule has 0 saturated carbocycles. The first kappa shape index (κ1) is 15.7. The molecule has 2 aliphatic heterocycles. The van der Waals surface area contributed by atoms with E-state index in [0.29, 0.717) is 12.1 Å². The number of cyclic esters (lactones) is 1. The van der Waals surface area contributed by atoms with Gasteiger partial charge in [0.15, 0.2) is 6.10 Å². The van der Waals surface area contributed by atoms with Crippen LogP contribution in [-0.4, -0.2) is 23.6 Å². The Morgan fingerprint density at radius 3 is 2.09 bits per heavy atom. The first-order chi connectivity index (χ1) is 10.6. The smallest absolute Gasteiger partial charge is 0.416 e. The van der Waals surface area contributed by atoms with Gasteiger partial charge in [0, 0.05) is 6.54 Å². The van der Waals surface area contributed by atoms with Crippen LogP contribution < -0.4 is 0 Å². The minimum Gasteiger partial charge on any atom is -0.439 e. The molecular weight excluding hydrogens is 328 g/mol. The first-order valence-electron chi connectivity index (χ1n) is 6.50. The molecule has 1 fully saturated rings. The lowest BCUT2D eigenvalue weighted by molar-refractivity contribution is -0.143. The van der Waals surface area contributed by atoms with E-state index in [1.165, 1.54) is 11.0 Å². The van der Waals surface area contributed by atoms with Gasteiger partial charge < -0.3 is 4.74 Å². The molecule has 124 valence electrons. The second-order valence-corrected chi connectivity index (χ2v) is 5.21. The maximum absolute atomic E-state index is 12.9. The standard InChI is InChI=1S/C14H9F6NO2/c15-13(16,17)8-4-7(5-9(6-8)14(18,19)20)11-10-2-1-3-21(10)12(22)23-11/h1-2,4-6,10-11H,3H2. The molecule has 1 amide bonds. The Labute approximate surface area is 126 Å². The first-order valence-corrected chi connectivity index (χ1v) is 6.50. The highest BCUT2D eigenvalue weighted by molar-refractivity contribution is 5.72. The summed E-state index contributed by atoms with van der Waals surface area (Å²) in [5, 5.41) is 0. The lowest BCUT2D eigenvalue weighted by Crippen LogP contribution is -2.28. The molecule has 2 heterocycles. The van der Waals surface area contributed by atoms with E-state index in [0.717, 1.165) is 0 Å². The van der Waals surface area contributed by atoms with Crippen LogP contribution in [-0.2, 0) is 17.1 Å². The Morgan fingerprint density at radius 2 is 1.57 bits per heavy atom. The normalized spacial score (nSPS) is 24.1. The molecule has 23 heavy (non-hydrogen) atoms. The number of rotatable bonds is 1. The van der Waals surface area contributed by atoms with Gasteiger partial charge in [-0.3, -0.25) is 4.90 Å². The third-order valence-electron chi connectivity index (χ3n) is 3.71. The molecule has 0 radical (unpaired) electrons. The van der Waals surface area contributed by atoms with Gasteiger partial charge in [0.1, 0.15) is 0 Å². The maximum Gasteiger partial charge on any atom is 0.416 e. The van der Waals surface area contributed by atoms with E-state index in [2.05, 4.69) is 0 Å².